The van der Waals surface area contributed by atoms with Gasteiger partial charge in [-0.05, 0) is 20.0 Å². The minimum absolute atomic E-state index is 0.0306. The van der Waals surface area contributed by atoms with Crippen LogP contribution >= 0.6 is 11.3 Å². The number of rotatable bonds is 4. The largest absolute Gasteiger partial charge is 0.424 e. The van der Waals surface area contributed by atoms with Crippen LogP contribution in [0, 0.1) is 13.8 Å². The van der Waals surface area contributed by atoms with E-state index in [1.54, 1.807) is 24.6 Å². The van der Waals surface area contributed by atoms with E-state index in [1.807, 2.05) is 7.05 Å². The number of thiophene rings is 1. The molecule has 0 spiro atoms. The smallest absolute Gasteiger partial charge is 0.230 e. The van der Waals surface area contributed by atoms with Crippen LogP contribution in [0.5, 0.6) is 0 Å². The second-order valence-electron chi connectivity index (χ2n) is 6.44. The van der Waals surface area contributed by atoms with Gasteiger partial charge >= 0.3 is 0 Å². The van der Waals surface area contributed by atoms with E-state index in [0.29, 0.717) is 31.4 Å². The van der Waals surface area contributed by atoms with Crippen molar-refractivity contribution >= 4 is 27.4 Å². The Labute approximate surface area is 149 Å². The lowest BCUT2D eigenvalue weighted by Crippen LogP contribution is -2.40. The van der Waals surface area contributed by atoms with Crippen LogP contribution in [0.15, 0.2) is 16.8 Å². The summed E-state index contributed by atoms with van der Waals surface area (Å²) in [5.74, 6) is 2.00. The Morgan fingerprint density at radius 1 is 1.32 bits per heavy atom. The summed E-state index contributed by atoms with van der Waals surface area (Å²) in [6.07, 6.45) is 1.12. The highest BCUT2D eigenvalue weighted by molar-refractivity contribution is 7.18. The number of hydrogen-bond acceptors (Lipinski definition) is 9. The van der Waals surface area contributed by atoms with Crippen LogP contribution in [-0.2, 0) is 6.54 Å². The lowest BCUT2D eigenvalue weighted by molar-refractivity contribution is 0.0903. The maximum absolute atomic E-state index is 10.6. The molecule has 9 heteroatoms. The summed E-state index contributed by atoms with van der Waals surface area (Å²) in [5, 5.41) is 19.5. The van der Waals surface area contributed by atoms with Crippen LogP contribution < -0.4 is 4.90 Å². The highest BCUT2D eigenvalue weighted by atomic mass is 32.1. The highest BCUT2D eigenvalue weighted by Gasteiger charge is 2.36. The average Bonchev–Trinajstić information content (AvgIpc) is 3.24. The number of aryl methyl sites for hydroxylation is 2. The van der Waals surface area contributed by atoms with Crippen molar-refractivity contribution in [3.63, 3.8) is 0 Å². The van der Waals surface area contributed by atoms with E-state index in [0.717, 1.165) is 16.0 Å². The zero-order valence-electron chi connectivity index (χ0n) is 14.4. The molecule has 0 aliphatic carbocycles. The minimum Gasteiger partial charge on any atom is -0.424 e. The Kier molecular flexibility index (Phi) is 4.14. The number of fused-ring (bicyclic) bond motifs is 1. The van der Waals surface area contributed by atoms with Crippen molar-refractivity contribution < 1.29 is 9.52 Å². The topological polar surface area (TPSA) is 91.4 Å². The summed E-state index contributed by atoms with van der Waals surface area (Å²) in [5.41, 5.74) is 0. The quantitative estimate of drug-likeness (QED) is 0.746. The molecule has 0 radical (unpaired) electrons. The molecule has 3 aromatic heterocycles. The van der Waals surface area contributed by atoms with Crippen molar-refractivity contribution in [2.45, 2.75) is 32.5 Å². The van der Waals surface area contributed by atoms with Gasteiger partial charge in [-0.25, -0.2) is 9.97 Å². The van der Waals surface area contributed by atoms with Gasteiger partial charge in [0.05, 0.1) is 24.1 Å². The van der Waals surface area contributed by atoms with Crippen molar-refractivity contribution in [2.75, 3.05) is 25.0 Å². The molecule has 4 heterocycles. The molecule has 0 aromatic carbocycles. The molecule has 8 nitrogen and oxygen atoms in total. The van der Waals surface area contributed by atoms with Gasteiger partial charge in [0.15, 0.2) is 0 Å². The minimum atomic E-state index is -0.473. The first-order chi connectivity index (χ1) is 12.0. The third-order valence-electron chi connectivity index (χ3n) is 4.51. The zero-order valence-corrected chi connectivity index (χ0v) is 15.2. The normalized spacial score (nSPS) is 20.9. The summed E-state index contributed by atoms with van der Waals surface area (Å²) in [6, 6.07) is 2.08. The van der Waals surface area contributed by atoms with E-state index in [4.69, 9.17) is 4.42 Å². The predicted octanol–water partition coefficient (Wildman–Crippen LogP) is 1.37. The SMILES string of the molecule is Cc1nnc(CN(C)C2CN(c3ncnc4sc(C)cc34)C[C@H]2O)o1. The molecular weight excluding hydrogens is 340 g/mol. The first kappa shape index (κ1) is 16.4. The fourth-order valence-electron chi connectivity index (χ4n) is 3.32. The average molecular weight is 360 g/mol. The van der Waals surface area contributed by atoms with Gasteiger partial charge in [0.2, 0.25) is 11.8 Å². The molecule has 0 bridgehead atoms. The fraction of sp³-hybridized carbons (Fsp3) is 0.500. The number of aliphatic hydroxyl groups excluding tert-OH is 1. The van der Waals surface area contributed by atoms with Gasteiger partial charge in [0, 0.05) is 24.9 Å². The molecule has 4 rings (SSSR count). The molecule has 1 unspecified atom stereocenters. The van der Waals surface area contributed by atoms with E-state index in [9.17, 15) is 5.11 Å². The van der Waals surface area contributed by atoms with Gasteiger partial charge in [-0.1, -0.05) is 0 Å². The molecule has 1 fully saturated rings. The maximum atomic E-state index is 10.6. The van der Waals surface area contributed by atoms with Crippen molar-refractivity contribution in [2.24, 2.45) is 0 Å². The Bertz CT molecular complexity index is 894. The number of aromatic nitrogens is 4. The predicted molar refractivity (Wildman–Crippen MR) is 94.7 cm³/mol. The highest BCUT2D eigenvalue weighted by Crippen LogP contribution is 2.32. The van der Waals surface area contributed by atoms with E-state index in [1.165, 1.54) is 4.88 Å². The first-order valence-electron chi connectivity index (χ1n) is 8.14. The third kappa shape index (κ3) is 3.10. The lowest BCUT2D eigenvalue weighted by atomic mass is 10.2. The Morgan fingerprint density at radius 2 is 2.16 bits per heavy atom. The van der Waals surface area contributed by atoms with Crippen LogP contribution in [-0.4, -0.2) is 62.5 Å². The zero-order chi connectivity index (χ0) is 17.6. The number of likely N-dealkylation sites (N-methyl/N-ethyl adjacent to an activating group) is 1. The maximum Gasteiger partial charge on any atom is 0.230 e. The number of anilines is 1. The lowest BCUT2D eigenvalue weighted by Gasteiger charge is -2.25. The van der Waals surface area contributed by atoms with Crippen LogP contribution in [0.4, 0.5) is 5.82 Å². The van der Waals surface area contributed by atoms with Gasteiger partial charge in [0.1, 0.15) is 17.0 Å². The summed E-state index contributed by atoms with van der Waals surface area (Å²) in [4.78, 5) is 15.2. The molecule has 25 heavy (non-hydrogen) atoms. The van der Waals surface area contributed by atoms with Crippen molar-refractivity contribution in [3.05, 3.63) is 29.1 Å². The molecule has 1 N–H and O–H groups in total. The Balaban J connectivity index is 1.54. The van der Waals surface area contributed by atoms with Crippen molar-refractivity contribution in [1.29, 1.82) is 0 Å². The molecule has 1 aliphatic heterocycles. The molecular formula is C16H20N6O2S. The number of hydrogen-bond donors (Lipinski definition) is 1. The fourth-order valence-corrected chi connectivity index (χ4v) is 4.16. The van der Waals surface area contributed by atoms with Crippen LogP contribution in [0.25, 0.3) is 10.2 Å². The van der Waals surface area contributed by atoms with Gasteiger partial charge in [-0.2, -0.15) is 0 Å². The second kappa shape index (κ2) is 6.32. The first-order valence-corrected chi connectivity index (χ1v) is 8.96. The van der Waals surface area contributed by atoms with Crippen LogP contribution in [0.3, 0.4) is 0 Å². The molecule has 132 valence electrons. The standard InChI is InChI=1S/C16H20N6O2S/c1-9-4-11-15(17-8-18-16(11)25-9)22-5-12(13(23)6-22)21(3)7-14-20-19-10(2)24-14/h4,8,12-13,23H,5-7H2,1-3H3/t12?,13-/m1/s1. The van der Waals surface area contributed by atoms with Crippen molar-refractivity contribution in [3.8, 4) is 0 Å². The molecule has 1 saturated heterocycles. The number of nitrogens with zero attached hydrogens (tertiary/aromatic N) is 6. The Morgan fingerprint density at radius 3 is 2.92 bits per heavy atom. The van der Waals surface area contributed by atoms with E-state index in [2.05, 4.69) is 43.0 Å². The summed E-state index contributed by atoms with van der Waals surface area (Å²) in [7, 11) is 1.96. The van der Waals surface area contributed by atoms with Gasteiger partial charge in [-0.15, -0.1) is 21.5 Å². The third-order valence-corrected chi connectivity index (χ3v) is 5.47. The molecule has 0 saturated carbocycles. The molecule has 3 aromatic rings. The summed E-state index contributed by atoms with van der Waals surface area (Å²) in [6.45, 7) is 5.57. The van der Waals surface area contributed by atoms with E-state index in [-0.39, 0.29) is 6.04 Å². The van der Waals surface area contributed by atoms with E-state index >= 15 is 0 Å². The summed E-state index contributed by atoms with van der Waals surface area (Å²) < 4.78 is 5.44. The Hall–Kier alpha value is -2.10. The van der Waals surface area contributed by atoms with Gasteiger partial charge < -0.3 is 14.4 Å². The number of aliphatic hydroxyl groups is 1. The van der Waals surface area contributed by atoms with Gasteiger partial charge in [0.25, 0.3) is 0 Å². The second-order valence-corrected chi connectivity index (χ2v) is 7.68. The number of β-amino-alcohol motifs (C(OH)–C–C–N with tert-alkyl or cyclic N) is 1. The van der Waals surface area contributed by atoms with Crippen LogP contribution in [0.1, 0.15) is 16.7 Å². The molecule has 1 aliphatic rings. The monoisotopic (exact) mass is 360 g/mol. The van der Waals surface area contributed by atoms with Crippen LogP contribution in [0.2, 0.25) is 0 Å². The van der Waals surface area contributed by atoms with Gasteiger partial charge in [-0.3, -0.25) is 4.90 Å². The van der Waals surface area contributed by atoms with E-state index < -0.39 is 6.10 Å². The van der Waals surface area contributed by atoms with Crippen molar-refractivity contribution in [1.82, 2.24) is 25.1 Å². The molecule has 2 atom stereocenters. The summed E-state index contributed by atoms with van der Waals surface area (Å²) >= 11 is 1.66. The molecule has 0 amide bonds.